The molecule has 1 aromatic heterocycles. The summed E-state index contributed by atoms with van der Waals surface area (Å²) in [4.78, 5) is 14.8. The van der Waals surface area contributed by atoms with Gasteiger partial charge in [-0.1, -0.05) is 0 Å². The second kappa shape index (κ2) is 4.61. The second-order valence-electron chi connectivity index (χ2n) is 2.63. The van der Waals surface area contributed by atoms with Gasteiger partial charge < -0.3 is 15.0 Å². The highest BCUT2D eigenvalue weighted by molar-refractivity contribution is 5.68. The number of hydrogen-bond donors (Lipinski definition) is 1. The molecule has 1 heterocycles. The number of methoxy groups -OCH3 is 1. The van der Waals surface area contributed by atoms with Gasteiger partial charge in [0.15, 0.2) is 0 Å². The number of nitrogens with zero attached hydrogens (tertiary/aromatic N) is 2. The Hall–Kier alpha value is -1.36. The van der Waals surface area contributed by atoms with Gasteiger partial charge in [-0.25, -0.2) is 4.98 Å². The molecule has 0 aliphatic rings. The zero-order chi connectivity index (χ0) is 9.68. The van der Waals surface area contributed by atoms with Crippen LogP contribution in [0.25, 0.3) is 0 Å². The van der Waals surface area contributed by atoms with E-state index in [1.165, 1.54) is 7.11 Å². The van der Waals surface area contributed by atoms with E-state index in [0.29, 0.717) is 19.5 Å². The summed E-state index contributed by atoms with van der Waals surface area (Å²) < 4.78 is 6.33. The first-order chi connectivity index (χ1) is 6.26. The van der Waals surface area contributed by atoms with Crippen molar-refractivity contribution in [1.82, 2.24) is 9.55 Å². The van der Waals surface area contributed by atoms with E-state index in [0.717, 1.165) is 5.69 Å². The topological polar surface area (TPSA) is 70.1 Å². The minimum atomic E-state index is -0.219. The van der Waals surface area contributed by atoms with Crippen LogP contribution in [0.3, 0.4) is 0 Å². The molecule has 1 aromatic rings. The number of ether oxygens (including phenoxy) is 1. The number of esters is 1. The molecule has 1 rings (SSSR count). The van der Waals surface area contributed by atoms with Gasteiger partial charge in [0.2, 0.25) is 0 Å². The molecular formula is C8H13N3O2. The van der Waals surface area contributed by atoms with Crippen LogP contribution in [0.15, 0.2) is 12.5 Å². The quantitative estimate of drug-likeness (QED) is 0.662. The Balaban J connectivity index is 2.41. The van der Waals surface area contributed by atoms with Gasteiger partial charge in [-0.2, -0.15) is 0 Å². The Morgan fingerprint density at radius 3 is 3.08 bits per heavy atom. The van der Waals surface area contributed by atoms with Crippen LogP contribution < -0.4 is 5.73 Å². The summed E-state index contributed by atoms with van der Waals surface area (Å²) in [5.74, 6) is -0.219. The third-order valence-corrected chi connectivity index (χ3v) is 1.70. The van der Waals surface area contributed by atoms with Crippen molar-refractivity contribution < 1.29 is 9.53 Å². The van der Waals surface area contributed by atoms with Crippen LogP contribution >= 0.6 is 0 Å². The average molecular weight is 183 g/mol. The lowest BCUT2D eigenvalue weighted by Gasteiger charge is -1.99. The third kappa shape index (κ3) is 2.87. The molecule has 0 aliphatic heterocycles. The Labute approximate surface area is 76.5 Å². The van der Waals surface area contributed by atoms with Crippen molar-refractivity contribution in [2.45, 2.75) is 19.5 Å². The molecule has 5 nitrogen and oxygen atoms in total. The molecular weight excluding hydrogens is 170 g/mol. The van der Waals surface area contributed by atoms with Crippen molar-refractivity contribution in [3.05, 3.63) is 18.2 Å². The van der Waals surface area contributed by atoms with Crippen LogP contribution in [0.1, 0.15) is 12.1 Å². The van der Waals surface area contributed by atoms with Crippen molar-refractivity contribution in [3.8, 4) is 0 Å². The maximum Gasteiger partial charge on any atom is 0.307 e. The number of rotatable bonds is 4. The number of carbonyl (C=O) groups is 1. The lowest BCUT2D eigenvalue weighted by atomic mass is 10.4. The molecule has 0 radical (unpaired) electrons. The smallest absolute Gasteiger partial charge is 0.307 e. The normalized spacial score (nSPS) is 10.0. The molecule has 2 N–H and O–H groups in total. The van der Waals surface area contributed by atoms with Crippen LogP contribution in [-0.4, -0.2) is 22.6 Å². The highest BCUT2D eigenvalue weighted by atomic mass is 16.5. The summed E-state index contributed by atoms with van der Waals surface area (Å²) in [6.07, 6.45) is 3.84. The first-order valence-electron chi connectivity index (χ1n) is 4.03. The number of aromatic nitrogens is 2. The van der Waals surface area contributed by atoms with Gasteiger partial charge in [-0.15, -0.1) is 0 Å². The van der Waals surface area contributed by atoms with E-state index in [1.54, 1.807) is 6.33 Å². The van der Waals surface area contributed by atoms with E-state index in [-0.39, 0.29) is 5.97 Å². The van der Waals surface area contributed by atoms with Crippen LogP contribution in [0.4, 0.5) is 0 Å². The standard InChI is InChI=1S/C8H13N3O2/c1-13-8(12)2-3-11-5-7(4-9)10-6-11/h5-6H,2-4,9H2,1H3. The van der Waals surface area contributed by atoms with Gasteiger partial charge in [-0.3, -0.25) is 4.79 Å². The Bertz CT molecular complexity index is 283. The molecule has 0 spiro atoms. The highest BCUT2D eigenvalue weighted by Crippen LogP contribution is 1.97. The van der Waals surface area contributed by atoms with Crippen molar-refractivity contribution in [2.24, 2.45) is 5.73 Å². The molecule has 72 valence electrons. The fraction of sp³-hybridized carbons (Fsp3) is 0.500. The van der Waals surface area contributed by atoms with Crippen LogP contribution in [0.2, 0.25) is 0 Å². The van der Waals surface area contributed by atoms with E-state index in [1.807, 2.05) is 10.8 Å². The third-order valence-electron chi connectivity index (χ3n) is 1.70. The summed E-state index contributed by atoms with van der Waals surface area (Å²) in [6.45, 7) is 1.00. The van der Waals surface area contributed by atoms with Crippen molar-refractivity contribution in [2.75, 3.05) is 7.11 Å². The second-order valence-corrected chi connectivity index (χ2v) is 2.63. The van der Waals surface area contributed by atoms with E-state index in [9.17, 15) is 4.79 Å². The summed E-state index contributed by atoms with van der Waals surface area (Å²) in [5, 5.41) is 0. The van der Waals surface area contributed by atoms with E-state index in [2.05, 4.69) is 9.72 Å². The lowest BCUT2D eigenvalue weighted by Crippen LogP contribution is -2.05. The average Bonchev–Trinajstić information content (AvgIpc) is 2.61. The van der Waals surface area contributed by atoms with Gasteiger partial charge in [0.05, 0.1) is 25.6 Å². The Morgan fingerprint density at radius 2 is 2.54 bits per heavy atom. The van der Waals surface area contributed by atoms with Crippen molar-refractivity contribution in [1.29, 1.82) is 0 Å². The Kier molecular flexibility index (Phi) is 3.45. The largest absolute Gasteiger partial charge is 0.469 e. The number of carbonyl (C=O) groups excluding carboxylic acids is 1. The molecule has 0 fully saturated rings. The summed E-state index contributed by atoms with van der Waals surface area (Å²) in [6, 6.07) is 0. The molecule has 0 saturated carbocycles. The molecule has 0 aliphatic carbocycles. The first-order valence-corrected chi connectivity index (χ1v) is 4.03. The maximum atomic E-state index is 10.8. The van der Waals surface area contributed by atoms with Crippen molar-refractivity contribution in [3.63, 3.8) is 0 Å². The fourth-order valence-corrected chi connectivity index (χ4v) is 0.957. The maximum absolute atomic E-state index is 10.8. The summed E-state index contributed by atoms with van der Waals surface area (Å²) >= 11 is 0. The summed E-state index contributed by atoms with van der Waals surface area (Å²) in [7, 11) is 1.38. The molecule has 0 aromatic carbocycles. The predicted octanol–water partition coefficient (Wildman–Crippen LogP) is -0.0951. The van der Waals surface area contributed by atoms with Crippen molar-refractivity contribution >= 4 is 5.97 Å². The number of aryl methyl sites for hydroxylation is 1. The minimum absolute atomic E-state index is 0.219. The zero-order valence-corrected chi connectivity index (χ0v) is 7.56. The highest BCUT2D eigenvalue weighted by Gasteiger charge is 2.01. The lowest BCUT2D eigenvalue weighted by molar-refractivity contribution is -0.140. The molecule has 0 bridgehead atoms. The predicted molar refractivity (Wildman–Crippen MR) is 46.8 cm³/mol. The SMILES string of the molecule is COC(=O)CCn1cnc(CN)c1. The van der Waals surface area contributed by atoms with Crippen LogP contribution in [-0.2, 0) is 22.6 Å². The monoisotopic (exact) mass is 183 g/mol. The number of nitrogens with two attached hydrogens (primary N) is 1. The Morgan fingerprint density at radius 1 is 1.77 bits per heavy atom. The molecule has 0 unspecified atom stereocenters. The van der Waals surface area contributed by atoms with E-state index < -0.39 is 0 Å². The molecule has 0 atom stereocenters. The molecule has 0 saturated heterocycles. The minimum Gasteiger partial charge on any atom is -0.469 e. The van der Waals surface area contributed by atoms with Crippen LogP contribution in [0.5, 0.6) is 0 Å². The van der Waals surface area contributed by atoms with Gasteiger partial charge in [0, 0.05) is 19.3 Å². The summed E-state index contributed by atoms with van der Waals surface area (Å²) in [5.41, 5.74) is 6.20. The fourth-order valence-electron chi connectivity index (χ4n) is 0.957. The molecule has 5 heteroatoms. The van der Waals surface area contributed by atoms with E-state index in [4.69, 9.17) is 5.73 Å². The van der Waals surface area contributed by atoms with Crippen LogP contribution in [0, 0.1) is 0 Å². The zero-order valence-electron chi connectivity index (χ0n) is 7.56. The first kappa shape index (κ1) is 9.73. The van der Waals surface area contributed by atoms with Gasteiger partial charge >= 0.3 is 5.97 Å². The van der Waals surface area contributed by atoms with Gasteiger partial charge in [0.25, 0.3) is 0 Å². The number of imidazole rings is 1. The molecule has 13 heavy (non-hydrogen) atoms. The van der Waals surface area contributed by atoms with Gasteiger partial charge in [-0.05, 0) is 0 Å². The molecule has 0 amide bonds. The van der Waals surface area contributed by atoms with E-state index >= 15 is 0 Å². The van der Waals surface area contributed by atoms with Gasteiger partial charge in [0.1, 0.15) is 0 Å². The number of hydrogen-bond acceptors (Lipinski definition) is 4.